The topological polar surface area (TPSA) is 71.5 Å². The van der Waals surface area contributed by atoms with Crippen molar-refractivity contribution in [2.24, 2.45) is 0 Å². The van der Waals surface area contributed by atoms with E-state index >= 15 is 0 Å². The van der Waals surface area contributed by atoms with Crippen LogP contribution in [0.1, 0.15) is 31.3 Å². The first-order valence-electron chi connectivity index (χ1n) is 7.79. The van der Waals surface area contributed by atoms with E-state index in [-0.39, 0.29) is 11.8 Å². The Hall–Kier alpha value is -2.25. The normalized spacial score (nSPS) is 14.5. The summed E-state index contributed by atoms with van der Waals surface area (Å²) in [5, 5.41) is 2.87. The van der Waals surface area contributed by atoms with Crippen molar-refractivity contribution in [1.82, 2.24) is 15.2 Å². The van der Waals surface area contributed by atoms with Gasteiger partial charge in [0.25, 0.3) is 11.8 Å². The molecule has 1 fully saturated rings. The molecule has 0 aliphatic carbocycles. The molecular formula is C17H19N3O3S. The standard InChI is InChI=1S/C17H19N3O3S/c1-12-15(24-11-19-12)16(21)18-10-13-2-4-14(5-3-13)17(22)20-6-8-23-9-7-20/h2-5,11H,6-10H2,1H3,(H,18,21). The first-order valence-corrected chi connectivity index (χ1v) is 8.67. The van der Waals surface area contributed by atoms with E-state index in [9.17, 15) is 9.59 Å². The number of nitrogens with one attached hydrogen (secondary N) is 1. The Morgan fingerprint density at radius 3 is 2.58 bits per heavy atom. The molecule has 0 radical (unpaired) electrons. The lowest BCUT2D eigenvalue weighted by Gasteiger charge is -2.26. The first kappa shape index (κ1) is 16.6. The predicted molar refractivity (Wildman–Crippen MR) is 91.2 cm³/mol. The second-order valence-corrected chi connectivity index (χ2v) is 6.41. The molecular weight excluding hydrogens is 326 g/mol. The molecule has 7 heteroatoms. The third-order valence-corrected chi connectivity index (χ3v) is 4.83. The lowest BCUT2D eigenvalue weighted by atomic mass is 10.1. The average Bonchev–Trinajstić information content (AvgIpc) is 3.06. The zero-order chi connectivity index (χ0) is 16.9. The molecule has 0 unspecified atom stereocenters. The van der Waals surface area contributed by atoms with Crippen LogP contribution in [-0.4, -0.2) is 48.0 Å². The molecule has 1 aromatic carbocycles. The van der Waals surface area contributed by atoms with E-state index in [0.717, 1.165) is 11.3 Å². The number of rotatable bonds is 4. The van der Waals surface area contributed by atoms with Crippen molar-refractivity contribution >= 4 is 23.2 Å². The number of ether oxygens (including phenoxy) is 1. The highest BCUT2D eigenvalue weighted by atomic mass is 32.1. The van der Waals surface area contributed by atoms with E-state index in [0.29, 0.717) is 43.3 Å². The molecule has 0 atom stereocenters. The third-order valence-electron chi connectivity index (χ3n) is 3.90. The van der Waals surface area contributed by atoms with E-state index in [1.165, 1.54) is 11.3 Å². The van der Waals surface area contributed by atoms with Crippen molar-refractivity contribution in [3.8, 4) is 0 Å². The molecule has 0 bridgehead atoms. The maximum atomic E-state index is 12.4. The van der Waals surface area contributed by atoms with Crippen molar-refractivity contribution in [2.45, 2.75) is 13.5 Å². The molecule has 1 N–H and O–H groups in total. The zero-order valence-electron chi connectivity index (χ0n) is 13.4. The van der Waals surface area contributed by atoms with Crippen LogP contribution in [-0.2, 0) is 11.3 Å². The van der Waals surface area contributed by atoms with Crippen molar-refractivity contribution in [2.75, 3.05) is 26.3 Å². The fourth-order valence-corrected chi connectivity index (χ4v) is 3.22. The number of morpholine rings is 1. The van der Waals surface area contributed by atoms with Crippen LogP contribution in [0.25, 0.3) is 0 Å². The summed E-state index contributed by atoms with van der Waals surface area (Å²) in [6.07, 6.45) is 0. The van der Waals surface area contributed by atoms with Gasteiger partial charge < -0.3 is 15.0 Å². The Morgan fingerprint density at radius 2 is 1.96 bits per heavy atom. The molecule has 126 valence electrons. The Morgan fingerprint density at radius 1 is 1.25 bits per heavy atom. The van der Waals surface area contributed by atoms with Gasteiger partial charge in [-0.25, -0.2) is 4.98 Å². The van der Waals surface area contributed by atoms with Gasteiger partial charge in [-0.3, -0.25) is 9.59 Å². The van der Waals surface area contributed by atoms with Crippen LogP contribution >= 0.6 is 11.3 Å². The molecule has 1 saturated heterocycles. The van der Waals surface area contributed by atoms with Crippen LogP contribution in [0, 0.1) is 6.92 Å². The first-order chi connectivity index (χ1) is 11.6. The molecule has 2 amide bonds. The number of aryl methyl sites for hydroxylation is 1. The van der Waals surface area contributed by atoms with Crippen LogP contribution in [0.4, 0.5) is 0 Å². The van der Waals surface area contributed by atoms with Gasteiger partial charge in [-0.05, 0) is 24.6 Å². The van der Waals surface area contributed by atoms with Crippen LogP contribution in [0.15, 0.2) is 29.8 Å². The summed E-state index contributed by atoms with van der Waals surface area (Å²) in [5.41, 5.74) is 4.01. The van der Waals surface area contributed by atoms with Crippen LogP contribution in [0.5, 0.6) is 0 Å². The van der Waals surface area contributed by atoms with Gasteiger partial charge in [0.05, 0.1) is 24.4 Å². The number of benzene rings is 1. The molecule has 1 aromatic heterocycles. The summed E-state index contributed by atoms with van der Waals surface area (Å²) >= 11 is 1.33. The Bertz CT molecular complexity index is 721. The van der Waals surface area contributed by atoms with Gasteiger partial charge >= 0.3 is 0 Å². The van der Waals surface area contributed by atoms with Crippen LogP contribution < -0.4 is 5.32 Å². The van der Waals surface area contributed by atoms with E-state index < -0.39 is 0 Å². The largest absolute Gasteiger partial charge is 0.378 e. The predicted octanol–water partition coefficient (Wildman–Crippen LogP) is 1.85. The molecule has 2 aromatic rings. The van der Waals surface area contributed by atoms with E-state index in [4.69, 9.17) is 4.74 Å². The summed E-state index contributed by atoms with van der Waals surface area (Å²) in [7, 11) is 0. The van der Waals surface area contributed by atoms with Crippen LogP contribution in [0.3, 0.4) is 0 Å². The molecule has 0 spiro atoms. The molecule has 6 nitrogen and oxygen atoms in total. The maximum Gasteiger partial charge on any atom is 0.263 e. The van der Waals surface area contributed by atoms with Gasteiger partial charge in [-0.2, -0.15) is 0 Å². The van der Waals surface area contributed by atoms with E-state index in [1.54, 1.807) is 22.5 Å². The number of nitrogens with zero attached hydrogens (tertiary/aromatic N) is 2. The van der Waals surface area contributed by atoms with Crippen LogP contribution in [0.2, 0.25) is 0 Å². The highest BCUT2D eigenvalue weighted by molar-refractivity contribution is 7.11. The number of amides is 2. The lowest BCUT2D eigenvalue weighted by Crippen LogP contribution is -2.40. The monoisotopic (exact) mass is 345 g/mol. The summed E-state index contributed by atoms with van der Waals surface area (Å²) in [6.45, 7) is 4.68. The molecule has 3 rings (SSSR count). The molecule has 1 aliphatic rings. The second kappa shape index (κ2) is 7.55. The number of carbonyl (C=O) groups excluding carboxylic acids is 2. The summed E-state index contributed by atoms with van der Waals surface area (Å²) in [4.78, 5) is 30.9. The Kier molecular flexibility index (Phi) is 5.22. The minimum absolute atomic E-state index is 0.0224. The van der Waals surface area contributed by atoms with Crippen molar-refractivity contribution in [1.29, 1.82) is 0 Å². The van der Waals surface area contributed by atoms with Gasteiger partial charge in [-0.1, -0.05) is 12.1 Å². The number of hydrogen-bond donors (Lipinski definition) is 1. The van der Waals surface area contributed by atoms with E-state index in [1.807, 2.05) is 19.1 Å². The summed E-state index contributed by atoms with van der Waals surface area (Å²) < 4.78 is 5.26. The number of thiazole rings is 1. The minimum atomic E-state index is -0.122. The summed E-state index contributed by atoms with van der Waals surface area (Å²) in [6, 6.07) is 7.34. The third kappa shape index (κ3) is 3.80. The second-order valence-electron chi connectivity index (χ2n) is 5.55. The van der Waals surface area contributed by atoms with Gasteiger partial charge in [0.2, 0.25) is 0 Å². The number of carbonyl (C=O) groups is 2. The fraction of sp³-hybridized carbons (Fsp3) is 0.353. The lowest BCUT2D eigenvalue weighted by molar-refractivity contribution is 0.0303. The van der Waals surface area contributed by atoms with Crippen molar-refractivity contribution in [3.05, 3.63) is 51.5 Å². The van der Waals surface area contributed by atoms with Gasteiger partial charge in [0, 0.05) is 25.2 Å². The van der Waals surface area contributed by atoms with Crippen molar-refractivity contribution < 1.29 is 14.3 Å². The molecule has 0 saturated carbocycles. The van der Waals surface area contributed by atoms with Gasteiger partial charge in [-0.15, -0.1) is 11.3 Å². The maximum absolute atomic E-state index is 12.4. The summed E-state index contributed by atoms with van der Waals surface area (Å²) in [5.74, 6) is -0.0994. The van der Waals surface area contributed by atoms with Gasteiger partial charge in [0.15, 0.2) is 0 Å². The molecule has 24 heavy (non-hydrogen) atoms. The number of hydrogen-bond acceptors (Lipinski definition) is 5. The van der Waals surface area contributed by atoms with E-state index in [2.05, 4.69) is 10.3 Å². The highest BCUT2D eigenvalue weighted by Gasteiger charge is 2.18. The highest BCUT2D eigenvalue weighted by Crippen LogP contribution is 2.13. The van der Waals surface area contributed by atoms with Gasteiger partial charge in [0.1, 0.15) is 4.88 Å². The quantitative estimate of drug-likeness (QED) is 0.918. The Balaban J connectivity index is 1.57. The molecule has 2 heterocycles. The smallest absolute Gasteiger partial charge is 0.263 e. The fourth-order valence-electron chi connectivity index (χ4n) is 2.50. The zero-order valence-corrected chi connectivity index (χ0v) is 14.3. The molecule has 1 aliphatic heterocycles. The SMILES string of the molecule is Cc1ncsc1C(=O)NCc1ccc(C(=O)N2CCOCC2)cc1. The minimum Gasteiger partial charge on any atom is -0.378 e. The number of aromatic nitrogens is 1. The van der Waals surface area contributed by atoms with Crippen molar-refractivity contribution in [3.63, 3.8) is 0 Å². The Labute approximate surface area is 144 Å². The average molecular weight is 345 g/mol.